The van der Waals surface area contributed by atoms with Gasteiger partial charge in [0.25, 0.3) is 0 Å². The number of carbonyl (C=O) groups is 1. The number of hydrogen-bond acceptors (Lipinski definition) is 4. The first-order valence-electron chi connectivity index (χ1n) is 11.1. The highest BCUT2D eigenvalue weighted by Crippen LogP contribution is 2.34. The maximum absolute atomic E-state index is 12.6. The predicted octanol–water partition coefficient (Wildman–Crippen LogP) is 6.39. The zero-order chi connectivity index (χ0) is 25.7. The SMILES string of the molecule is CS(=O)(=O)N(Cc1ccc(CC(=O)O)cc1)c1ccc(-c2ccc(Oc3ccccc3)cc2)c(Cl)c1. The maximum Gasteiger partial charge on any atom is 0.307 e. The Balaban J connectivity index is 1.54. The minimum absolute atomic E-state index is 0.0907. The third-order valence-corrected chi connectivity index (χ3v) is 6.94. The molecule has 0 spiro atoms. The quantitative estimate of drug-likeness (QED) is 0.276. The minimum Gasteiger partial charge on any atom is -0.481 e. The third-order valence-electron chi connectivity index (χ3n) is 5.49. The number of nitrogens with zero attached hydrogens (tertiary/aromatic N) is 1. The van der Waals surface area contributed by atoms with E-state index in [4.69, 9.17) is 21.4 Å². The van der Waals surface area contributed by atoms with Crippen LogP contribution in [-0.2, 0) is 27.8 Å². The summed E-state index contributed by atoms with van der Waals surface area (Å²) in [6.07, 6.45) is 1.05. The van der Waals surface area contributed by atoms with Crippen LogP contribution in [0.4, 0.5) is 5.69 Å². The number of aliphatic carboxylic acids is 1. The van der Waals surface area contributed by atoms with E-state index in [1.54, 1.807) is 42.5 Å². The number of para-hydroxylation sites is 1. The fourth-order valence-electron chi connectivity index (χ4n) is 3.72. The molecule has 0 saturated carbocycles. The molecule has 6 nitrogen and oxygen atoms in total. The molecule has 0 unspecified atom stereocenters. The number of anilines is 1. The Morgan fingerprint density at radius 1 is 0.861 bits per heavy atom. The van der Waals surface area contributed by atoms with Crippen LogP contribution in [0.2, 0.25) is 5.02 Å². The average molecular weight is 522 g/mol. The Morgan fingerprint density at radius 2 is 1.47 bits per heavy atom. The van der Waals surface area contributed by atoms with Gasteiger partial charge in [0.1, 0.15) is 11.5 Å². The molecule has 0 radical (unpaired) electrons. The summed E-state index contributed by atoms with van der Waals surface area (Å²) in [6.45, 7) is 0.0907. The molecule has 0 fully saturated rings. The Kier molecular flexibility index (Phi) is 7.62. The zero-order valence-electron chi connectivity index (χ0n) is 19.5. The predicted molar refractivity (Wildman–Crippen MR) is 142 cm³/mol. The van der Waals surface area contributed by atoms with E-state index in [0.717, 1.165) is 28.7 Å². The molecule has 4 rings (SSSR count). The van der Waals surface area contributed by atoms with Gasteiger partial charge in [-0.25, -0.2) is 8.42 Å². The summed E-state index contributed by atoms with van der Waals surface area (Å²) in [6, 6.07) is 28.9. The van der Waals surface area contributed by atoms with Crippen molar-refractivity contribution in [3.05, 3.63) is 113 Å². The summed E-state index contributed by atoms with van der Waals surface area (Å²) in [5.74, 6) is 0.508. The van der Waals surface area contributed by atoms with Crippen LogP contribution in [0.25, 0.3) is 11.1 Å². The number of benzene rings is 4. The molecule has 0 aliphatic rings. The molecule has 0 atom stereocenters. The van der Waals surface area contributed by atoms with Gasteiger partial charge in [-0.2, -0.15) is 0 Å². The van der Waals surface area contributed by atoms with Crippen LogP contribution in [-0.4, -0.2) is 25.7 Å². The second kappa shape index (κ2) is 10.8. The molecule has 8 heteroatoms. The standard InChI is InChI=1S/C28H24ClNO5S/c1-36(33,34)30(19-21-9-7-20(8-10-21)17-28(31)32)23-13-16-26(27(29)18-23)22-11-14-25(15-12-22)35-24-5-3-2-4-6-24/h2-16,18H,17,19H2,1H3,(H,31,32). The van der Waals surface area contributed by atoms with Gasteiger partial charge >= 0.3 is 5.97 Å². The van der Waals surface area contributed by atoms with E-state index < -0.39 is 16.0 Å². The molecular formula is C28H24ClNO5S. The summed E-state index contributed by atoms with van der Waals surface area (Å²) in [5, 5.41) is 9.35. The summed E-state index contributed by atoms with van der Waals surface area (Å²) in [7, 11) is -3.61. The summed E-state index contributed by atoms with van der Waals surface area (Å²) in [4.78, 5) is 10.9. The van der Waals surface area contributed by atoms with Crippen molar-refractivity contribution in [3.8, 4) is 22.6 Å². The van der Waals surface area contributed by atoms with E-state index in [1.807, 2.05) is 54.6 Å². The number of hydrogen-bond donors (Lipinski definition) is 1. The second-order valence-corrected chi connectivity index (χ2v) is 10.6. The molecule has 4 aromatic carbocycles. The van der Waals surface area contributed by atoms with Gasteiger partial charge in [-0.3, -0.25) is 9.10 Å². The summed E-state index contributed by atoms with van der Waals surface area (Å²) >= 11 is 6.59. The van der Waals surface area contributed by atoms with Crippen LogP contribution >= 0.6 is 11.6 Å². The van der Waals surface area contributed by atoms with Gasteiger partial charge in [0, 0.05) is 5.56 Å². The number of carboxylic acids is 1. The lowest BCUT2D eigenvalue weighted by molar-refractivity contribution is -0.136. The Hall–Kier alpha value is -3.81. The van der Waals surface area contributed by atoms with Crippen molar-refractivity contribution in [2.45, 2.75) is 13.0 Å². The monoisotopic (exact) mass is 521 g/mol. The molecule has 0 bridgehead atoms. The van der Waals surface area contributed by atoms with Gasteiger partial charge in [0.15, 0.2) is 0 Å². The lowest BCUT2D eigenvalue weighted by Gasteiger charge is -2.23. The Labute approximate surface area is 215 Å². The molecule has 184 valence electrons. The molecule has 0 aliphatic heterocycles. The molecule has 4 aromatic rings. The number of carboxylic acid groups (broad SMARTS) is 1. The van der Waals surface area contributed by atoms with E-state index in [2.05, 4.69) is 0 Å². The molecule has 0 amide bonds. The van der Waals surface area contributed by atoms with E-state index in [0.29, 0.717) is 22.0 Å². The molecule has 1 N–H and O–H groups in total. The van der Waals surface area contributed by atoms with Crippen molar-refractivity contribution in [3.63, 3.8) is 0 Å². The van der Waals surface area contributed by atoms with E-state index in [9.17, 15) is 13.2 Å². The normalized spacial score (nSPS) is 11.2. The first-order valence-corrected chi connectivity index (χ1v) is 13.3. The maximum atomic E-state index is 12.6. The van der Waals surface area contributed by atoms with Gasteiger partial charge < -0.3 is 9.84 Å². The van der Waals surface area contributed by atoms with Crippen LogP contribution in [0.5, 0.6) is 11.5 Å². The molecular weight excluding hydrogens is 498 g/mol. The topological polar surface area (TPSA) is 83.9 Å². The van der Waals surface area contributed by atoms with Gasteiger partial charge in [-0.05, 0) is 53.1 Å². The lowest BCUT2D eigenvalue weighted by Crippen LogP contribution is -2.29. The fourth-order valence-corrected chi connectivity index (χ4v) is 4.89. The molecule has 0 aliphatic carbocycles. The largest absolute Gasteiger partial charge is 0.481 e. The first kappa shape index (κ1) is 25.3. The molecule has 0 saturated heterocycles. The minimum atomic E-state index is -3.61. The molecule has 36 heavy (non-hydrogen) atoms. The van der Waals surface area contributed by atoms with E-state index in [1.165, 1.54) is 4.31 Å². The summed E-state index contributed by atoms with van der Waals surface area (Å²) in [5.41, 5.74) is 3.43. The first-order chi connectivity index (χ1) is 17.2. The zero-order valence-corrected chi connectivity index (χ0v) is 21.0. The summed E-state index contributed by atoms with van der Waals surface area (Å²) < 4.78 is 32.3. The number of sulfonamides is 1. The van der Waals surface area contributed by atoms with Crippen molar-refractivity contribution in [2.75, 3.05) is 10.6 Å². The van der Waals surface area contributed by atoms with Gasteiger partial charge in [-0.1, -0.05) is 72.3 Å². The highest BCUT2D eigenvalue weighted by molar-refractivity contribution is 7.92. The number of halogens is 1. The Bertz CT molecular complexity index is 1450. The van der Waals surface area contributed by atoms with Crippen molar-refractivity contribution in [1.29, 1.82) is 0 Å². The second-order valence-electron chi connectivity index (χ2n) is 8.26. The third kappa shape index (κ3) is 6.44. The van der Waals surface area contributed by atoms with Crippen molar-refractivity contribution in [2.24, 2.45) is 0 Å². The van der Waals surface area contributed by atoms with E-state index in [-0.39, 0.29) is 13.0 Å². The smallest absolute Gasteiger partial charge is 0.307 e. The number of ether oxygens (including phenoxy) is 1. The van der Waals surface area contributed by atoms with Crippen LogP contribution in [0.15, 0.2) is 97.1 Å². The average Bonchev–Trinajstić information content (AvgIpc) is 2.84. The fraction of sp³-hybridized carbons (Fsp3) is 0.107. The van der Waals surface area contributed by atoms with Crippen LogP contribution in [0.3, 0.4) is 0 Å². The molecule has 0 heterocycles. The highest BCUT2D eigenvalue weighted by atomic mass is 35.5. The molecule has 0 aromatic heterocycles. The highest BCUT2D eigenvalue weighted by Gasteiger charge is 2.19. The van der Waals surface area contributed by atoms with Crippen molar-refractivity contribution >= 4 is 33.3 Å². The van der Waals surface area contributed by atoms with Crippen LogP contribution in [0.1, 0.15) is 11.1 Å². The Morgan fingerprint density at radius 3 is 2.06 bits per heavy atom. The van der Waals surface area contributed by atoms with Crippen molar-refractivity contribution < 1.29 is 23.1 Å². The lowest BCUT2D eigenvalue weighted by atomic mass is 10.0. The van der Waals surface area contributed by atoms with Gasteiger partial charge in [0.2, 0.25) is 10.0 Å². The van der Waals surface area contributed by atoms with Gasteiger partial charge in [-0.15, -0.1) is 0 Å². The van der Waals surface area contributed by atoms with E-state index >= 15 is 0 Å². The van der Waals surface area contributed by atoms with Crippen LogP contribution in [0, 0.1) is 0 Å². The van der Waals surface area contributed by atoms with Crippen molar-refractivity contribution in [1.82, 2.24) is 0 Å². The van der Waals surface area contributed by atoms with Crippen LogP contribution < -0.4 is 9.04 Å². The van der Waals surface area contributed by atoms with Gasteiger partial charge in [0.05, 0.1) is 29.9 Å². The number of rotatable bonds is 9.